The molecule has 0 bridgehead atoms. The highest BCUT2D eigenvalue weighted by atomic mass is 16.5. The minimum atomic E-state index is 0.403. The lowest BCUT2D eigenvalue weighted by molar-refractivity contribution is 0.184. The van der Waals surface area contributed by atoms with Crippen molar-refractivity contribution < 1.29 is 4.74 Å². The van der Waals surface area contributed by atoms with Crippen LogP contribution in [0.15, 0.2) is 66.5 Å². The van der Waals surface area contributed by atoms with E-state index in [-0.39, 0.29) is 0 Å². The van der Waals surface area contributed by atoms with Crippen molar-refractivity contribution in [2.24, 2.45) is 10.7 Å². The quantitative estimate of drug-likeness (QED) is 0.171. The molecule has 0 saturated carbocycles. The molecule has 0 aliphatic rings. The molecular formula is C25H36N6O. The van der Waals surface area contributed by atoms with Gasteiger partial charge in [-0.15, -0.1) is 0 Å². The molecule has 0 saturated heterocycles. The SMILES string of the molecule is C=C(C)N=C(N)c1ncn(CCCCOC(=C)NCc2ccc3[nH]ccc3c2)c1C.CC. The lowest BCUT2D eigenvalue weighted by Crippen LogP contribution is -2.16. The van der Waals surface area contributed by atoms with Crippen molar-refractivity contribution in [3.8, 4) is 0 Å². The Morgan fingerprint density at radius 1 is 1.25 bits per heavy atom. The van der Waals surface area contributed by atoms with Gasteiger partial charge in [0.2, 0.25) is 0 Å². The molecule has 3 rings (SSSR count). The molecule has 3 aromatic rings. The van der Waals surface area contributed by atoms with Gasteiger partial charge in [-0.05, 0) is 62.4 Å². The van der Waals surface area contributed by atoms with Crippen LogP contribution < -0.4 is 11.1 Å². The Morgan fingerprint density at radius 2 is 2.03 bits per heavy atom. The number of nitrogens with zero attached hydrogens (tertiary/aromatic N) is 3. The summed E-state index contributed by atoms with van der Waals surface area (Å²) >= 11 is 0. The maximum atomic E-state index is 5.99. The molecular weight excluding hydrogens is 400 g/mol. The second kappa shape index (κ2) is 12.4. The predicted molar refractivity (Wildman–Crippen MR) is 133 cm³/mol. The molecule has 4 N–H and O–H groups in total. The fraction of sp³-hybridized carbons (Fsp3) is 0.360. The monoisotopic (exact) mass is 436 g/mol. The van der Waals surface area contributed by atoms with Crippen LogP contribution in [0.3, 0.4) is 0 Å². The van der Waals surface area contributed by atoms with Crippen molar-refractivity contribution >= 4 is 16.7 Å². The highest BCUT2D eigenvalue weighted by molar-refractivity contribution is 5.97. The number of nitrogens with two attached hydrogens (primary N) is 1. The zero-order chi connectivity index (χ0) is 23.5. The van der Waals surface area contributed by atoms with Gasteiger partial charge < -0.3 is 25.3 Å². The molecule has 0 amide bonds. The average Bonchev–Trinajstić information content (AvgIpc) is 3.39. The number of H-pyrrole nitrogens is 1. The highest BCUT2D eigenvalue weighted by Crippen LogP contribution is 2.14. The number of imidazole rings is 1. The van der Waals surface area contributed by atoms with Gasteiger partial charge in [-0.2, -0.15) is 0 Å². The number of aryl methyl sites for hydroxylation is 1. The normalized spacial score (nSPS) is 11.1. The fourth-order valence-electron chi connectivity index (χ4n) is 3.22. The van der Waals surface area contributed by atoms with E-state index in [0.29, 0.717) is 36.3 Å². The summed E-state index contributed by atoms with van der Waals surface area (Å²) in [5, 5.41) is 4.43. The van der Waals surface area contributed by atoms with Gasteiger partial charge in [0.15, 0.2) is 11.7 Å². The van der Waals surface area contributed by atoms with Crippen molar-refractivity contribution in [1.82, 2.24) is 19.9 Å². The molecule has 32 heavy (non-hydrogen) atoms. The summed E-state index contributed by atoms with van der Waals surface area (Å²) < 4.78 is 7.79. The Balaban J connectivity index is 0.00000176. The molecule has 7 nitrogen and oxygen atoms in total. The Morgan fingerprint density at radius 3 is 2.78 bits per heavy atom. The van der Waals surface area contributed by atoms with E-state index in [0.717, 1.165) is 30.6 Å². The predicted octanol–water partition coefficient (Wildman–Crippen LogP) is 5.00. The molecule has 2 aromatic heterocycles. The number of ether oxygens (including phenoxy) is 1. The Hall–Kier alpha value is -3.48. The number of unbranched alkanes of at least 4 members (excludes halogenated alkanes) is 1. The summed E-state index contributed by atoms with van der Waals surface area (Å²) in [7, 11) is 0. The van der Waals surface area contributed by atoms with Crippen LogP contribution in [0.2, 0.25) is 0 Å². The molecule has 0 unspecified atom stereocenters. The standard InChI is InChI=1S/C23H30N6O.C2H6/c1-16(2)28-23(24)22-17(3)29(15-27-22)11-5-6-12-30-18(4)26-14-19-7-8-21-20(13-19)9-10-25-21;1-2/h7-10,13,15,25-26H,1,4-6,11-12,14H2,2-3H3,(H2,24,28);1-2H3. The fourth-order valence-corrected chi connectivity index (χ4v) is 3.22. The summed E-state index contributed by atoms with van der Waals surface area (Å²) in [4.78, 5) is 11.8. The number of hydrogen-bond donors (Lipinski definition) is 3. The van der Waals surface area contributed by atoms with Gasteiger partial charge >= 0.3 is 0 Å². The van der Waals surface area contributed by atoms with Gasteiger partial charge in [0.25, 0.3) is 0 Å². The number of rotatable bonds is 11. The third-order valence-corrected chi connectivity index (χ3v) is 4.83. The van der Waals surface area contributed by atoms with Crippen LogP contribution in [-0.4, -0.2) is 27.0 Å². The molecule has 1 aromatic carbocycles. The number of amidine groups is 1. The Kier molecular flexibility index (Phi) is 9.60. The van der Waals surface area contributed by atoms with Gasteiger partial charge in [0, 0.05) is 36.2 Å². The third kappa shape index (κ3) is 7.04. The summed E-state index contributed by atoms with van der Waals surface area (Å²) in [5.41, 5.74) is 10.7. The van der Waals surface area contributed by atoms with E-state index in [1.165, 1.54) is 10.9 Å². The minimum absolute atomic E-state index is 0.403. The van der Waals surface area contributed by atoms with E-state index in [9.17, 15) is 0 Å². The second-order valence-corrected chi connectivity index (χ2v) is 7.34. The number of hydrogen-bond acceptors (Lipinski definition) is 4. The van der Waals surface area contributed by atoms with Crippen molar-refractivity contribution in [1.29, 1.82) is 0 Å². The lowest BCUT2D eigenvalue weighted by Gasteiger charge is -2.12. The number of aliphatic imine (C=N–C) groups is 1. The molecule has 0 aliphatic carbocycles. The number of aromatic nitrogens is 3. The van der Waals surface area contributed by atoms with Gasteiger partial charge in [0.05, 0.1) is 12.9 Å². The summed E-state index contributed by atoms with van der Waals surface area (Å²) in [6.07, 6.45) is 5.62. The van der Waals surface area contributed by atoms with E-state index in [2.05, 4.69) is 62.3 Å². The van der Waals surface area contributed by atoms with E-state index < -0.39 is 0 Å². The summed E-state index contributed by atoms with van der Waals surface area (Å²) in [6.45, 7) is 17.7. The molecule has 0 aliphatic heterocycles. The number of fused-ring (bicyclic) bond motifs is 1. The largest absolute Gasteiger partial charge is 0.480 e. The molecule has 2 heterocycles. The minimum Gasteiger partial charge on any atom is -0.480 e. The van der Waals surface area contributed by atoms with Gasteiger partial charge in [-0.1, -0.05) is 26.5 Å². The third-order valence-electron chi connectivity index (χ3n) is 4.83. The first-order valence-corrected chi connectivity index (χ1v) is 11.1. The average molecular weight is 437 g/mol. The lowest BCUT2D eigenvalue weighted by atomic mass is 10.1. The van der Waals surface area contributed by atoms with Crippen LogP contribution in [-0.2, 0) is 17.8 Å². The van der Waals surface area contributed by atoms with Crippen LogP contribution in [0.25, 0.3) is 10.9 Å². The van der Waals surface area contributed by atoms with Gasteiger partial charge in [-0.3, -0.25) is 0 Å². The van der Waals surface area contributed by atoms with Gasteiger partial charge in [-0.25, -0.2) is 9.98 Å². The summed E-state index contributed by atoms with van der Waals surface area (Å²) in [5.74, 6) is 0.995. The van der Waals surface area contributed by atoms with Crippen molar-refractivity contribution in [2.75, 3.05) is 6.61 Å². The highest BCUT2D eigenvalue weighted by Gasteiger charge is 2.10. The number of nitrogens with one attached hydrogen (secondary N) is 2. The zero-order valence-electron chi connectivity index (χ0n) is 19.7. The number of aromatic amines is 1. The number of allylic oxidation sites excluding steroid dienone is 1. The maximum absolute atomic E-state index is 5.99. The van der Waals surface area contributed by atoms with Crippen LogP contribution >= 0.6 is 0 Å². The first kappa shape index (κ1) is 24.8. The Bertz CT molecular complexity index is 1060. The zero-order valence-corrected chi connectivity index (χ0v) is 19.7. The second-order valence-electron chi connectivity index (χ2n) is 7.34. The maximum Gasteiger partial charge on any atom is 0.179 e. The smallest absolute Gasteiger partial charge is 0.179 e. The van der Waals surface area contributed by atoms with Crippen LogP contribution in [0.1, 0.15) is 50.6 Å². The van der Waals surface area contributed by atoms with Crippen LogP contribution in [0.5, 0.6) is 0 Å². The van der Waals surface area contributed by atoms with Crippen LogP contribution in [0.4, 0.5) is 0 Å². The molecule has 7 heteroatoms. The van der Waals surface area contributed by atoms with Crippen molar-refractivity contribution in [3.05, 3.63) is 78.5 Å². The molecule has 0 atom stereocenters. The Labute approximate surface area is 191 Å². The van der Waals surface area contributed by atoms with E-state index in [1.807, 2.05) is 33.9 Å². The molecule has 172 valence electrons. The van der Waals surface area contributed by atoms with Crippen molar-refractivity contribution in [3.63, 3.8) is 0 Å². The first-order chi connectivity index (χ1) is 15.4. The topological polar surface area (TPSA) is 93.2 Å². The van der Waals surface area contributed by atoms with E-state index >= 15 is 0 Å². The van der Waals surface area contributed by atoms with Gasteiger partial charge in [0.1, 0.15) is 5.69 Å². The molecule has 0 spiro atoms. The summed E-state index contributed by atoms with van der Waals surface area (Å²) in [6, 6.07) is 8.39. The first-order valence-electron chi connectivity index (χ1n) is 11.1. The van der Waals surface area contributed by atoms with Crippen LogP contribution in [0, 0.1) is 6.92 Å². The molecule has 0 radical (unpaired) electrons. The molecule has 0 fully saturated rings. The van der Waals surface area contributed by atoms with E-state index in [4.69, 9.17) is 10.5 Å². The van der Waals surface area contributed by atoms with E-state index in [1.54, 1.807) is 6.33 Å². The number of benzene rings is 1. The van der Waals surface area contributed by atoms with Crippen molar-refractivity contribution in [2.45, 2.75) is 53.6 Å².